The summed E-state index contributed by atoms with van der Waals surface area (Å²) in [7, 11) is 0. The number of carbonyl (C=O) groups is 1. The number of nitrogens with one attached hydrogen (secondary N) is 1. The van der Waals surface area contributed by atoms with Crippen LogP contribution in [0.15, 0.2) is 24.3 Å². The molecule has 1 N–H and O–H groups in total. The van der Waals surface area contributed by atoms with Crippen molar-refractivity contribution in [2.45, 2.75) is 33.2 Å². The summed E-state index contributed by atoms with van der Waals surface area (Å²) in [5.74, 6) is 0.133. The maximum absolute atomic E-state index is 11.5. The molecule has 1 aromatic rings. The highest BCUT2D eigenvalue weighted by molar-refractivity contribution is 6.30. The molecule has 0 saturated heterocycles. The minimum atomic E-state index is 0.0349. The first kappa shape index (κ1) is 13.0. The molecule has 0 saturated carbocycles. The van der Waals surface area contributed by atoms with Crippen LogP contribution in [0, 0.1) is 5.92 Å². The predicted molar refractivity (Wildman–Crippen MR) is 67.6 cm³/mol. The molecular formula is C13H18ClNO. The minimum absolute atomic E-state index is 0.0349. The maximum atomic E-state index is 11.5. The highest BCUT2D eigenvalue weighted by atomic mass is 35.5. The van der Waals surface area contributed by atoms with Gasteiger partial charge < -0.3 is 5.32 Å². The summed E-state index contributed by atoms with van der Waals surface area (Å²) in [4.78, 5) is 11.5. The van der Waals surface area contributed by atoms with Crippen molar-refractivity contribution >= 4 is 17.5 Å². The van der Waals surface area contributed by atoms with Gasteiger partial charge >= 0.3 is 0 Å². The van der Waals surface area contributed by atoms with Gasteiger partial charge in [0.2, 0.25) is 5.91 Å². The lowest BCUT2D eigenvalue weighted by atomic mass is 10.1. The predicted octanol–water partition coefficient (Wildman–Crippen LogP) is 3.04. The van der Waals surface area contributed by atoms with E-state index in [9.17, 15) is 4.79 Å². The third-order valence-electron chi connectivity index (χ3n) is 2.37. The van der Waals surface area contributed by atoms with E-state index in [1.165, 1.54) is 5.56 Å². The topological polar surface area (TPSA) is 29.1 Å². The number of amides is 1. The van der Waals surface area contributed by atoms with E-state index in [2.05, 4.69) is 5.32 Å². The van der Waals surface area contributed by atoms with Gasteiger partial charge in [0.15, 0.2) is 0 Å². The van der Waals surface area contributed by atoms with Gasteiger partial charge in [0.1, 0.15) is 0 Å². The Morgan fingerprint density at radius 3 is 2.31 bits per heavy atom. The average Bonchev–Trinajstić information content (AvgIpc) is 2.21. The average molecular weight is 240 g/mol. The van der Waals surface area contributed by atoms with E-state index < -0.39 is 0 Å². The molecule has 0 aliphatic heterocycles. The van der Waals surface area contributed by atoms with Crippen molar-refractivity contribution in [3.63, 3.8) is 0 Å². The van der Waals surface area contributed by atoms with Gasteiger partial charge in [-0.05, 0) is 31.0 Å². The molecule has 1 amide bonds. The lowest BCUT2D eigenvalue weighted by molar-refractivity contribution is -0.124. The van der Waals surface area contributed by atoms with E-state index in [0.717, 1.165) is 11.4 Å². The summed E-state index contributed by atoms with van der Waals surface area (Å²) in [5.41, 5.74) is 1.18. The lowest BCUT2D eigenvalue weighted by Crippen LogP contribution is -2.36. The summed E-state index contributed by atoms with van der Waals surface area (Å²) in [6.07, 6.45) is 0.829. The normalized spacial score (nSPS) is 12.6. The molecule has 3 heteroatoms. The Morgan fingerprint density at radius 2 is 1.81 bits per heavy atom. The molecule has 2 nitrogen and oxygen atoms in total. The largest absolute Gasteiger partial charge is 0.353 e. The molecule has 0 spiro atoms. The number of benzene rings is 1. The molecular weight excluding hydrogens is 222 g/mol. The minimum Gasteiger partial charge on any atom is -0.353 e. The highest BCUT2D eigenvalue weighted by Gasteiger charge is 2.10. The molecule has 16 heavy (non-hydrogen) atoms. The van der Waals surface area contributed by atoms with E-state index in [1.54, 1.807) is 0 Å². The smallest absolute Gasteiger partial charge is 0.222 e. The Hall–Kier alpha value is -1.02. The third kappa shape index (κ3) is 4.23. The fourth-order valence-corrected chi connectivity index (χ4v) is 1.56. The molecule has 0 fully saturated rings. The van der Waals surface area contributed by atoms with Crippen molar-refractivity contribution in [1.29, 1.82) is 0 Å². The second kappa shape index (κ2) is 5.90. The molecule has 0 bridgehead atoms. The number of rotatable bonds is 4. The molecule has 1 unspecified atom stereocenters. The Labute approximate surface area is 102 Å². The van der Waals surface area contributed by atoms with Gasteiger partial charge in [-0.25, -0.2) is 0 Å². The van der Waals surface area contributed by atoms with E-state index in [1.807, 2.05) is 45.0 Å². The van der Waals surface area contributed by atoms with Crippen LogP contribution in [0.5, 0.6) is 0 Å². The first-order valence-electron chi connectivity index (χ1n) is 5.54. The highest BCUT2D eigenvalue weighted by Crippen LogP contribution is 2.11. The van der Waals surface area contributed by atoms with Crippen LogP contribution < -0.4 is 5.32 Å². The van der Waals surface area contributed by atoms with E-state index in [0.29, 0.717) is 0 Å². The van der Waals surface area contributed by atoms with Crippen LogP contribution in [0.3, 0.4) is 0 Å². The summed E-state index contributed by atoms with van der Waals surface area (Å²) >= 11 is 5.80. The van der Waals surface area contributed by atoms with Gasteiger partial charge in [0.25, 0.3) is 0 Å². The van der Waals surface area contributed by atoms with Crippen LogP contribution in [0.1, 0.15) is 26.3 Å². The molecule has 0 aliphatic carbocycles. The lowest BCUT2D eigenvalue weighted by Gasteiger charge is -2.15. The van der Waals surface area contributed by atoms with Gasteiger partial charge in [-0.1, -0.05) is 37.6 Å². The van der Waals surface area contributed by atoms with E-state index in [4.69, 9.17) is 11.6 Å². The number of hydrogen-bond donors (Lipinski definition) is 1. The monoisotopic (exact) mass is 239 g/mol. The van der Waals surface area contributed by atoms with Crippen LogP contribution in [-0.4, -0.2) is 11.9 Å². The molecule has 1 atom stereocenters. The summed E-state index contributed by atoms with van der Waals surface area (Å²) < 4.78 is 0. The van der Waals surface area contributed by atoms with Gasteiger partial charge in [-0.2, -0.15) is 0 Å². The quantitative estimate of drug-likeness (QED) is 0.860. The van der Waals surface area contributed by atoms with Gasteiger partial charge in [0.05, 0.1) is 0 Å². The summed E-state index contributed by atoms with van der Waals surface area (Å²) in [6, 6.07) is 7.86. The zero-order valence-corrected chi connectivity index (χ0v) is 10.7. The second-order valence-corrected chi connectivity index (χ2v) is 4.83. The van der Waals surface area contributed by atoms with Crippen molar-refractivity contribution < 1.29 is 4.79 Å². The zero-order valence-electron chi connectivity index (χ0n) is 9.96. The van der Waals surface area contributed by atoms with Crippen molar-refractivity contribution in [2.24, 2.45) is 5.92 Å². The fourth-order valence-electron chi connectivity index (χ4n) is 1.43. The van der Waals surface area contributed by atoms with Crippen LogP contribution in [0.4, 0.5) is 0 Å². The van der Waals surface area contributed by atoms with Crippen molar-refractivity contribution in [2.75, 3.05) is 0 Å². The second-order valence-electron chi connectivity index (χ2n) is 4.39. The van der Waals surface area contributed by atoms with Gasteiger partial charge in [-0.3, -0.25) is 4.79 Å². The number of hydrogen-bond acceptors (Lipinski definition) is 1. The Balaban J connectivity index is 2.48. The Bertz CT molecular complexity index is 345. The fraction of sp³-hybridized carbons (Fsp3) is 0.462. The molecule has 0 aromatic heterocycles. The summed E-state index contributed by atoms with van der Waals surface area (Å²) in [6.45, 7) is 5.80. The van der Waals surface area contributed by atoms with Crippen LogP contribution in [0.25, 0.3) is 0 Å². The molecule has 0 radical (unpaired) electrons. The van der Waals surface area contributed by atoms with Gasteiger partial charge in [0, 0.05) is 17.0 Å². The third-order valence-corrected chi connectivity index (χ3v) is 2.62. The standard InChI is InChI=1S/C13H18ClNO/c1-9(2)13(16)15-10(3)8-11-4-6-12(14)7-5-11/h4-7,9-10H,8H2,1-3H3,(H,15,16). The van der Waals surface area contributed by atoms with E-state index in [-0.39, 0.29) is 17.9 Å². The van der Waals surface area contributed by atoms with Gasteiger partial charge in [-0.15, -0.1) is 0 Å². The van der Waals surface area contributed by atoms with E-state index >= 15 is 0 Å². The number of carbonyl (C=O) groups excluding carboxylic acids is 1. The zero-order chi connectivity index (χ0) is 12.1. The molecule has 88 valence electrons. The Morgan fingerprint density at radius 1 is 1.25 bits per heavy atom. The van der Waals surface area contributed by atoms with Crippen LogP contribution in [-0.2, 0) is 11.2 Å². The summed E-state index contributed by atoms with van der Waals surface area (Å²) in [5, 5.41) is 3.71. The number of halogens is 1. The van der Waals surface area contributed by atoms with Crippen LogP contribution >= 0.6 is 11.6 Å². The molecule has 1 aromatic carbocycles. The first-order chi connectivity index (χ1) is 7.49. The first-order valence-corrected chi connectivity index (χ1v) is 5.91. The van der Waals surface area contributed by atoms with Crippen molar-refractivity contribution in [3.05, 3.63) is 34.9 Å². The van der Waals surface area contributed by atoms with Crippen molar-refractivity contribution in [1.82, 2.24) is 5.32 Å². The maximum Gasteiger partial charge on any atom is 0.222 e. The van der Waals surface area contributed by atoms with Crippen LogP contribution in [0.2, 0.25) is 5.02 Å². The molecule has 0 aliphatic rings. The SMILES string of the molecule is CC(Cc1ccc(Cl)cc1)NC(=O)C(C)C. The molecule has 1 rings (SSSR count). The Kier molecular flexibility index (Phi) is 4.81. The van der Waals surface area contributed by atoms with Crippen molar-refractivity contribution in [3.8, 4) is 0 Å². The molecule has 0 heterocycles.